The fourth-order valence-corrected chi connectivity index (χ4v) is 8.51. The number of ether oxygens (including phenoxy) is 5. The molecule has 3 fully saturated rings. The first-order chi connectivity index (χ1) is 26.2. The van der Waals surface area contributed by atoms with Gasteiger partial charge in [-0.15, -0.1) is 0 Å². The van der Waals surface area contributed by atoms with Crippen molar-refractivity contribution in [3.05, 3.63) is 42.2 Å². The minimum absolute atomic E-state index is 0.0807. The minimum atomic E-state index is -4.70. The largest absolute Gasteiger partial charge is 0.453 e. The molecule has 3 aliphatic rings. The molecule has 0 unspecified atom stereocenters. The van der Waals surface area contributed by atoms with Crippen molar-refractivity contribution in [2.75, 3.05) is 20.7 Å². The van der Waals surface area contributed by atoms with Crippen LogP contribution in [-0.2, 0) is 38.1 Å². The van der Waals surface area contributed by atoms with Gasteiger partial charge in [-0.3, -0.25) is 19.6 Å². The lowest BCUT2D eigenvalue weighted by atomic mass is 9.74. The lowest BCUT2D eigenvalue weighted by molar-refractivity contribution is -0.297. The number of carbonyl (C=O) groups excluding carboxylic acids is 4. The maximum Gasteiger partial charge on any atom is 0.408 e. The van der Waals surface area contributed by atoms with E-state index >= 15 is 8.78 Å². The highest BCUT2D eigenvalue weighted by Gasteiger charge is 2.61. The van der Waals surface area contributed by atoms with Crippen molar-refractivity contribution < 1.29 is 56.7 Å². The molecule has 0 radical (unpaired) electrons. The van der Waals surface area contributed by atoms with Gasteiger partial charge in [0.2, 0.25) is 5.78 Å². The lowest BCUT2D eigenvalue weighted by Crippen LogP contribution is -2.61. The number of halogens is 2. The van der Waals surface area contributed by atoms with Crippen molar-refractivity contribution in [3.8, 4) is 0 Å². The fourth-order valence-electron chi connectivity index (χ4n) is 8.51. The van der Waals surface area contributed by atoms with E-state index < -0.39 is 95.5 Å². The van der Waals surface area contributed by atoms with E-state index in [1.165, 1.54) is 20.8 Å². The van der Waals surface area contributed by atoms with E-state index in [1.54, 1.807) is 71.2 Å². The zero-order valence-electron chi connectivity index (χ0n) is 33.4. The van der Waals surface area contributed by atoms with Gasteiger partial charge in [-0.05, 0) is 60.2 Å². The molecular formula is C40H54F2N4O10. The molecule has 2 aromatic rings. The molecule has 3 saturated heterocycles. The van der Waals surface area contributed by atoms with E-state index in [-0.39, 0.29) is 25.2 Å². The molecule has 16 heteroatoms. The van der Waals surface area contributed by atoms with E-state index in [1.807, 2.05) is 18.2 Å². The van der Waals surface area contributed by atoms with E-state index in [4.69, 9.17) is 23.7 Å². The van der Waals surface area contributed by atoms with Gasteiger partial charge in [-0.1, -0.05) is 52.0 Å². The van der Waals surface area contributed by atoms with Gasteiger partial charge in [-0.2, -0.15) is 8.78 Å². The summed E-state index contributed by atoms with van der Waals surface area (Å²) in [5.41, 5.74) is -1.44. The molecule has 0 spiro atoms. The Morgan fingerprint density at radius 2 is 1.75 bits per heavy atom. The first-order valence-electron chi connectivity index (χ1n) is 19.1. The molecule has 308 valence electrons. The molecule has 56 heavy (non-hydrogen) atoms. The number of nitrogens with one attached hydrogen (secondary N) is 1. The molecule has 1 amide bonds. The van der Waals surface area contributed by atoms with Crippen LogP contribution in [0.5, 0.6) is 0 Å². The van der Waals surface area contributed by atoms with Crippen LogP contribution in [0.25, 0.3) is 17.1 Å². The summed E-state index contributed by atoms with van der Waals surface area (Å²) < 4.78 is 62.3. The van der Waals surface area contributed by atoms with Crippen LogP contribution in [0.4, 0.5) is 13.6 Å². The molecule has 2 N–H and O–H groups in total. The highest BCUT2D eigenvalue weighted by atomic mass is 19.3. The second-order valence-electron chi connectivity index (χ2n) is 15.9. The normalized spacial score (nSPS) is 37.2. The summed E-state index contributed by atoms with van der Waals surface area (Å²) in [6.45, 7) is 10.5. The predicted molar refractivity (Wildman–Crippen MR) is 199 cm³/mol. The van der Waals surface area contributed by atoms with Crippen molar-refractivity contribution in [3.63, 3.8) is 0 Å². The van der Waals surface area contributed by atoms with Gasteiger partial charge in [-0.25, -0.2) is 9.59 Å². The number of cyclic esters (lactones) is 1. The molecule has 1 aromatic carbocycles. The van der Waals surface area contributed by atoms with Gasteiger partial charge in [0.05, 0.1) is 47.4 Å². The minimum Gasteiger partial charge on any atom is -0.453 e. The second kappa shape index (κ2) is 16.9. The standard InChI is InChI=1S/C40H54F2N4O10/c1-10-28-39(7)32(45-37(51)56-39)23(4)30(47)21(2)20-38(6,52-18-12-14-25-13-11-15-26-29(25)44-17-16-43-26)34(24(5)33(49)40(41,42)36(50)54-28)55-35-31(48)27(46(8)9)19-22(3)53-35/h11-17,21-24,27-28,31-32,34-35,48H,10,18-20H2,1-9H3,(H,45,51)/b14-12+/t21-,22-,23+,24+,27+,28-,31-,32-,34-,35+,38+,39-/m1/s1. The number of likely N-dealkylation sites (N-methyl/N-ethyl adjacent to an activating group) is 1. The number of nitrogens with zero attached hydrogens (tertiary/aromatic N) is 3. The quantitative estimate of drug-likeness (QED) is 0.283. The molecule has 1 aromatic heterocycles. The number of aliphatic hydroxyl groups excluding tert-OH is 1. The lowest BCUT2D eigenvalue weighted by Gasteiger charge is -2.47. The second-order valence-corrected chi connectivity index (χ2v) is 15.9. The van der Waals surface area contributed by atoms with Crippen molar-refractivity contribution in [1.29, 1.82) is 0 Å². The highest BCUT2D eigenvalue weighted by Crippen LogP contribution is 2.41. The summed E-state index contributed by atoms with van der Waals surface area (Å²) in [4.78, 5) is 64.9. The van der Waals surface area contributed by atoms with Gasteiger partial charge in [0.1, 0.15) is 18.0 Å². The van der Waals surface area contributed by atoms with Crippen LogP contribution in [0.3, 0.4) is 0 Å². The number of amides is 1. The number of ketones is 2. The molecule has 0 aliphatic carbocycles. The molecular weight excluding hydrogens is 734 g/mol. The number of aromatic nitrogens is 2. The Kier molecular flexibility index (Phi) is 13.0. The van der Waals surface area contributed by atoms with Crippen molar-refractivity contribution in [2.45, 2.75) is 128 Å². The van der Waals surface area contributed by atoms with E-state index in [0.29, 0.717) is 17.5 Å². The Balaban J connectivity index is 1.60. The number of hydrogen-bond acceptors (Lipinski definition) is 13. The Hall–Kier alpha value is -3.96. The number of hydrogen-bond donors (Lipinski definition) is 2. The smallest absolute Gasteiger partial charge is 0.408 e. The number of Topliss-reactive ketones (excluding diaryl/α,β-unsaturated/α-hetero) is 2. The topological polar surface area (TPSA) is 176 Å². The first kappa shape index (κ1) is 43.2. The van der Waals surface area contributed by atoms with Crippen LogP contribution in [0.15, 0.2) is 36.7 Å². The SMILES string of the molecule is CC[C@H]1OC(=O)C(F)(F)C(=O)[C@H](C)[C@@H](O[C@@H]2O[C@H](C)C[C@H](N(C)C)[C@H]2O)[C@@](C)(OC/C=C/c2cccc3nccnc23)C[C@@H](C)C(=O)[C@H](C)[C@H]2NC(=O)O[C@@]21C. The van der Waals surface area contributed by atoms with Crippen molar-refractivity contribution >= 4 is 40.7 Å². The van der Waals surface area contributed by atoms with Gasteiger partial charge in [0.15, 0.2) is 11.9 Å². The van der Waals surface area contributed by atoms with Crippen LogP contribution < -0.4 is 5.32 Å². The van der Waals surface area contributed by atoms with Gasteiger partial charge in [0.25, 0.3) is 0 Å². The van der Waals surface area contributed by atoms with Gasteiger partial charge >= 0.3 is 18.0 Å². The van der Waals surface area contributed by atoms with Crippen molar-refractivity contribution in [1.82, 2.24) is 20.2 Å². The number of fused-ring (bicyclic) bond motifs is 2. The fraction of sp³-hybridized carbons (Fsp3) is 0.650. The van der Waals surface area contributed by atoms with Gasteiger partial charge < -0.3 is 39.0 Å². The summed E-state index contributed by atoms with van der Waals surface area (Å²) in [6, 6.07) is 3.91. The van der Waals surface area contributed by atoms with Crippen LogP contribution in [0, 0.1) is 17.8 Å². The third-order valence-electron chi connectivity index (χ3n) is 11.5. The van der Waals surface area contributed by atoms with Crippen LogP contribution in [0.2, 0.25) is 0 Å². The van der Waals surface area contributed by atoms with Crippen molar-refractivity contribution in [2.24, 2.45) is 17.8 Å². The average molecular weight is 789 g/mol. The average Bonchev–Trinajstić information content (AvgIpc) is 3.47. The number of alkyl halides is 2. The summed E-state index contributed by atoms with van der Waals surface area (Å²) in [5.74, 6) is -12.7. The molecule has 0 bridgehead atoms. The van der Waals surface area contributed by atoms with Crippen LogP contribution in [0.1, 0.15) is 73.3 Å². The summed E-state index contributed by atoms with van der Waals surface area (Å²) in [6.07, 6.45) is -0.393. The number of aliphatic hydroxyl groups is 1. The molecule has 14 nitrogen and oxygen atoms in total. The molecule has 12 atom stereocenters. The zero-order chi connectivity index (χ0) is 41.3. The number of esters is 1. The third kappa shape index (κ3) is 8.49. The molecule has 3 aliphatic heterocycles. The maximum atomic E-state index is 16.2. The first-order valence-corrected chi connectivity index (χ1v) is 19.1. The molecule has 4 heterocycles. The Bertz CT molecular complexity index is 1810. The highest BCUT2D eigenvalue weighted by molar-refractivity contribution is 6.06. The van der Waals surface area contributed by atoms with E-state index in [0.717, 1.165) is 5.56 Å². The predicted octanol–water partition coefficient (Wildman–Crippen LogP) is 4.50. The number of alkyl carbamates (subject to hydrolysis) is 1. The molecule has 0 saturated carbocycles. The van der Waals surface area contributed by atoms with Crippen LogP contribution in [-0.4, -0.2) is 124 Å². The van der Waals surface area contributed by atoms with E-state index in [9.17, 15) is 24.3 Å². The van der Waals surface area contributed by atoms with E-state index in [2.05, 4.69) is 15.3 Å². The summed E-state index contributed by atoms with van der Waals surface area (Å²) >= 11 is 0. The number of rotatable bonds is 8. The Morgan fingerprint density at radius 1 is 1.05 bits per heavy atom. The maximum absolute atomic E-state index is 16.2. The monoisotopic (exact) mass is 788 g/mol. The third-order valence-corrected chi connectivity index (χ3v) is 11.5. The molecule has 5 rings (SSSR count). The number of benzene rings is 1. The Labute approximate surface area is 325 Å². The Morgan fingerprint density at radius 3 is 2.43 bits per heavy atom. The zero-order valence-corrected chi connectivity index (χ0v) is 33.4. The van der Waals surface area contributed by atoms with Gasteiger partial charge in [0, 0.05) is 35.8 Å². The number of carbonyl (C=O) groups is 4. The summed E-state index contributed by atoms with van der Waals surface area (Å²) in [5, 5.41) is 14.1. The number of para-hydroxylation sites is 1. The summed E-state index contributed by atoms with van der Waals surface area (Å²) in [7, 11) is 3.54. The van der Waals surface area contributed by atoms with Crippen LogP contribution >= 0.6 is 0 Å².